The predicted molar refractivity (Wildman–Crippen MR) is 130 cm³/mol. The van der Waals surface area contributed by atoms with Crippen LogP contribution in [0.25, 0.3) is 10.6 Å². The van der Waals surface area contributed by atoms with Gasteiger partial charge in [0.15, 0.2) is 5.13 Å². The van der Waals surface area contributed by atoms with Crippen LogP contribution in [0.1, 0.15) is 22.3 Å². The quantitative estimate of drug-likeness (QED) is 0.428. The maximum absolute atomic E-state index is 11.0. The molecule has 7 nitrogen and oxygen atoms in total. The van der Waals surface area contributed by atoms with Crippen molar-refractivity contribution in [1.29, 1.82) is 0 Å². The van der Waals surface area contributed by atoms with Crippen LogP contribution in [0.4, 0.5) is 16.8 Å². The number of hydrogen-bond donors (Lipinski definition) is 2. The molecule has 166 valence electrons. The highest BCUT2D eigenvalue weighted by molar-refractivity contribution is 7.18. The first-order valence-corrected chi connectivity index (χ1v) is 11.6. The average molecular weight is 458 g/mol. The number of carbonyl (C=O) groups is 1. The molecule has 0 aliphatic carbocycles. The van der Waals surface area contributed by atoms with Crippen molar-refractivity contribution >= 4 is 34.1 Å². The molecule has 0 atom stereocenters. The summed E-state index contributed by atoms with van der Waals surface area (Å²) < 4.78 is 0. The number of carboxylic acid groups (broad SMARTS) is 1. The van der Waals surface area contributed by atoms with Gasteiger partial charge >= 0.3 is 5.97 Å². The Balaban J connectivity index is 1.31. The lowest BCUT2D eigenvalue weighted by atomic mass is 9.96. The third-order valence-electron chi connectivity index (χ3n) is 5.58. The number of nitrogens with zero attached hydrogens (tertiary/aromatic N) is 4. The fraction of sp³-hybridized carbons (Fsp3) is 0.200. The first-order chi connectivity index (χ1) is 16.0. The Bertz CT molecular complexity index is 1320. The molecule has 8 heteroatoms. The number of pyridine rings is 2. The van der Waals surface area contributed by atoms with Crippen molar-refractivity contribution in [3.63, 3.8) is 0 Å². The van der Waals surface area contributed by atoms with Crippen LogP contribution in [0.15, 0.2) is 60.9 Å². The van der Waals surface area contributed by atoms with Gasteiger partial charge in [0, 0.05) is 25.5 Å². The lowest BCUT2D eigenvalue weighted by Gasteiger charge is -2.28. The number of benzene rings is 1. The molecule has 0 saturated heterocycles. The van der Waals surface area contributed by atoms with E-state index in [1.807, 2.05) is 61.7 Å². The van der Waals surface area contributed by atoms with Gasteiger partial charge < -0.3 is 15.3 Å². The van der Waals surface area contributed by atoms with Gasteiger partial charge in [-0.25, -0.2) is 15.0 Å². The lowest BCUT2D eigenvalue weighted by Crippen LogP contribution is -2.30. The van der Waals surface area contributed by atoms with Gasteiger partial charge in [-0.15, -0.1) is 0 Å². The van der Waals surface area contributed by atoms with Crippen molar-refractivity contribution in [2.45, 2.75) is 26.3 Å². The van der Waals surface area contributed by atoms with E-state index < -0.39 is 5.97 Å². The smallest absolute Gasteiger partial charge is 0.307 e. The van der Waals surface area contributed by atoms with Gasteiger partial charge in [-0.1, -0.05) is 35.6 Å². The minimum atomic E-state index is -0.800. The third kappa shape index (κ3) is 4.85. The van der Waals surface area contributed by atoms with Gasteiger partial charge in [0.05, 0.1) is 17.0 Å². The highest BCUT2D eigenvalue weighted by atomic mass is 32.1. The van der Waals surface area contributed by atoms with Crippen LogP contribution in [0.5, 0.6) is 0 Å². The van der Waals surface area contributed by atoms with Crippen LogP contribution in [-0.4, -0.2) is 32.6 Å². The number of aliphatic carboxylic acids is 1. The zero-order valence-electron chi connectivity index (χ0n) is 18.2. The largest absolute Gasteiger partial charge is 0.481 e. The summed E-state index contributed by atoms with van der Waals surface area (Å²) in [5.41, 5.74) is 5.31. The Kier molecular flexibility index (Phi) is 5.75. The summed E-state index contributed by atoms with van der Waals surface area (Å²) >= 11 is 1.63. The predicted octanol–water partition coefficient (Wildman–Crippen LogP) is 4.84. The summed E-state index contributed by atoms with van der Waals surface area (Å²) in [5.74, 6) is 0.707. The lowest BCUT2D eigenvalue weighted by molar-refractivity contribution is -0.136. The van der Waals surface area contributed by atoms with Crippen molar-refractivity contribution in [3.05, 3.63) is 83.2 Å². The highest BCUT2D eigenvalue weighted by Gasteiger charge is 2.20. The standard InChI is InChI=1S/C25H23N5O2S/c1-16-7-9-26-23(11-16)29-22-4-2-3-20(28-22)21-14-27-25(33-21)30-10-8-18-12-17(13-24(31)32)5-6-19(18)15-30/h2-7,9,11-12,14H,8,10,13,15H2,1H3,(H,31,32)(H,26,28,29). The summed E-state index contributed by atoms with van der Waals surface area (Å²) in [6.45, 7) is 3.65. The molecule has 1 aliphatic heterocycles. The summed E-state index contributed by atoms with van der Waals surface area (Å²) in [5, 5.41) is 13.3. The Morgan fingerprint density at radius 3 is 2.88 bits per heavy atom. The van der Waals surface area contributed by atoms with E-state index in [9.17, 15) is 4.79 Å². The van der Waals surface area contributed by atoms with Crippen LogP contribution in [0.3, 0.4) is 0 Å². The second-order valence-corrected chi connectivity index (χ2v) is 9.11. The molecule has 0 fully saturated rings. The number of thiazole rings is 1. The Hall–Kier alpha value is -3.78. The number of aryl methyl sites for hydroxylation is 1. The van der Waals surface area contributed by atoms with Crippen LogP contribution < -0.4 is 10.2 Å². The first-order valence-electron chi connectivity index (χ1n) is 10.7. The van der Waals surface area contributed by atoms with E-state index in [0.29, 0.717) is 0 Å². The molecule has 5 rings (SSSR count). The van der Waals surface area contributed by atoms with Crippen molar-refractivity contribution in [2.75, 3.05) is 16.8 Å². The third-order valence-corrected chi connectivity index (χ3v) is 6.66. The second kappa shape index (κ2) is 8.99. The number of fused-ring (bicyclic) bond motifs is 1. The molecule has 0 amide bonds. The van der Waals surface area contributed by atoms with Gasteiger partial charge in [0.1, 0.15) is 11.6 Å². The number of hydrogen-bond acceptors (Lipinski definition) is 7. The monoisotopic (exact) mass is 457 g/mol. The average Bonchev–Trinajstić information content (AvgIpc) is 3.29. The summed E-state index contributed by atoms with van der Waals surface area (Å²) in [6, 6.07) is 15.8. The first kappa shape index (κ1) is 21.1. The van der Waals surface area contributed by atoms with E-state index in [-0.39, 0.29) is 6.42 Å². The molecular formula is C25H23N5O2S. The minimum Gasteiger partial charge on any atom is -0.481 e. The maximum atomic E-state index is 11.0. The van der Waals surface area contributed by atoms with E-state index in [2.05, 4.69) is 20.2 Å². The van der Waals surface area contributed by atoms with Crippen LogP contribution in [-0.2, 0) is 24.2 Å². The Labute approximate surface area is 195 Å². The van der Waals surface area contributed by atoms with E-state index >= 15 is 0 Å². The highest BCUT2D eigenvalue weighted by Crippen LogP contribution is 2.33. The molecule has 3 aromatic heterocycles. The molecule has 1 aromatic carbocycles. The fourth-order valence-corrected chi connectivity index (χ4v) is 4.87. The Morgan fingerprint density at radius 2 is 2.03 bits per heavy atom. The Morgan fingerprint density at radius 1 is 1.12 bits per heavy atom. The van der Waals surface area contributed by atoms with Gasteiger partial charge in [-0.05, 0) is 59.9 Å². The number of nitrogens with one attached hydrogen (secondary N) is 1. The van der Waals surface area contributed by atoms with Crippen molar-refractivity contribution < 1.29 is 9.90 Å². The van der Waals surface area contributed by atoms with Crippen LogP contribution >= 0.6 is 11.3 Å². The zero-order valence-corrected chi connectivity index (χ0v) is 19.0. The molecule has 2 N–H and O–H groups in total. The number of rotatable bonds is 6. The molecule has 4 heterocycles. The number of aromatic nitrogens is 3. The van der Waals surface area contributed by atoms with Crippen LogP contribution in [0, 0.1) is 6.92 Å². The normalized spacial score (nSPS) is 12.9. The van der Waals surface area contributed by atoms with Crippen LogP contribution in [0.2, 0.25) is 0 Å². The molecule has 4 aromatic rings. The van der Waals surface area contributed by atoms with E-state index in [1.54, 1.807) is 17.5 Å². The summed E-state index contributed by atoms with van der Waals surface area (Å²) in [6.07, 6.45) is 4.59. The zero-order chi connectivity index (χ0) is 22.8. The second-order valence-electron chi connectivity index (χ2n) is 8.10. The number of anilines is 3. The summed E-state index contributed by atoms with van der Waals surface area (Å²) in [4.78, 5) is 28.0. The fourth-order valence-electron chi connectivity index (χ4n) is 3.96. The molecule has 0 saturated carbocycles. The van der Waals surface area contributed by atoms with Crippen molar-refractivity contribution in [3.8, 4) is 10.6 Å². The van der Waals surface area contributed by atoms with Gasteiger partial charge in [0.2, 0.25) is 0 Å². The van der Waals surface area contributed by atoms with E-state index in [4.69, 9.17) is 10.1 Å². The van der Waals surface area contributed by atoms with E-state index in [1.165, 1.54) is 11.1 Å². The molecule has 0 bridgehead atoms. The van der Waals surface area contributed by atoms with Crippen molar-refractivity contribution in [1.82, 2.24) is 15.0 Å². The SMILES string of the molecule is Cc1ccnc(Nc2cccc(-c3cnc(N4CCc5cc(CC(=O)O)ccc5C4)s3)n2)c1. The number of carboxylic acids is 1. The summed E-state index contributed by atoms with van der Waals surface area (Å²) in [7, 11) is 0. The van der Waals surface area contributed by atoms with Gasteiger partial charge in [-0.2, -0.15) is 0 Å². The van der Waals surface area contributed by atoms with E-state index in [0.717, 1.165) is 58.0 Å². The molecule has 0 radical (unpaired) electrons. The topological polar surface area (TPSA) is 91.2 Å². The molecule has 0 unspecified atom stereocenters. The molecule has 33 heavy (non-hydrogen) atoms. The minimum absolute atomic E-state index is 0.0632. The van der Waals surface area contributed by atoms with Gasteiger partial charge in [0.25, 0.3) is 0 Å². The van der Waals surface area contributed by atoms with Crippen molar-refractivity contribution in [2.24, 2.45) is 0 Å². The molecular weight excluding hydrogens is 434 g/mol. The molecule has 0 spiro atoms. The molecule has 1 aliphatic rings. The van der Waals surface area contributed by atoms with Gasteiger partial charge in [-0.3, -0.25) is 4.79 Å². The maximum Gasteiger partial charge on any atom is 0.307 e.